The molecule has 1 aromatic carbocycles. The lowest BCUT2D eigenvalue weighted by molar-refractivity contribution is -0.181. The maximum absolute atomic E-state index is 13.9. The molecule has 2 saturated carbocycles. The Morgan fingerprint density at radius 1 is 1.17 bits per heavy atom. The summed E-state index contributed by atoms with van der Waals surface area (Å²) in [5, 5.41) is 25.2. The minimum Gasteiger partial charge on any atom is -0.505 e. The molecular weight excluding hydrogens is 536 g/mol. The average molecular weight is 573 g/mol. The first-order valence-electron chi connectivity index (χ1n) is 13.3. The van der Waals surface area contributed by atoms with E-state index in [9.17, 15) is 39.0 Å². The van der Waals surface area contributed by atoms with Crippen LogP contribution in [-0.2, 0) is 36.9 Å². The third-order valence-corrected chi connectivity index (χ3v) is 8.25. The summed E-state index contributed by atoms with van der Waals surface area (Å²) < 4.78 is 5.19. The van der Waals surface area contributed by atoms with Gasteiger partial charge in [-0.15, -0.1) is 0 Å². The molecule has 41 heavy (non-hydrogen) atoms. The summed E-state index contributed by atoms with van der Waals surface area (Å²) in [6.45, 7) is 5.58. The van der Waals surface area contributed by atoms with Gasteiger partial charge in [-0.05, 0) is 55.5 Å². The number of aromatic hydroxyl groups is 1. The second-order valence-electron chi connectivity index (χ2n) is 12.5. The Morgan fingerprint density at radius 2 is 1.80 bits per heavy atom. The normalized spacial score (nSPS) is 29.5. The van der Waals surface area contributed by atoms with Crippen LogP contribution in [0.3, 0.4) is 0 Å². The number of likely N-dealkylation sites (N-methyl/N-ethyl adjacent to an activating group) is 1. The van der Waals surface area contributed by atoms with Gasteiger partial charge in [-0.2, -0.15) is 0 Å². The summed E-state index contributed by atoms with van der Waals surface area (Å²) in [7, 11) is 3.03. The fraction of sp³-hybridized carbons (Fsp3) is 0.571. The highest BCUT2D eigenvalue weighted by molar-refractivity contribution is 6.32. The number of aliphatic hydroxyl groups is 1. The number of phenols is 1. The van der Waals surface area contributed by atoms with E-state index in [0.29, 0.717) is 11.1 Å². The number of carbonyl (C=O) groups excluding carboxylic acids is 6. The minimum absolute atomic E-state index is 0.0701. The van der Waals surface area contributed by atoms with Crippen molar-refractivity contribution in [2.24, 2.45) is 40.6 Å². The first-order chi connectivity index (χ1) is 18.9. The van der Waals surface area contributed by atoms with Crippen LogP contribution in [0, 0.1) is 29.1 Å². The quantitative estimate of drug-likeness (QED) is 0.232. The number of ether oxygens (including phenoxy) is 1. The molecule has 6 atom stereocenters. The van der Waals surface area contributed by atoms with Gasteiger partial charge in [0.1, 0.15) is 5.75 Å². The average Bonchev–Trinajstić information content (AvgIpc) is 2.85. The fourth-order valence-electron chi connectivity index (χ4n) is 6.45. The van der Waals surface area contributed by atoms with Gasteiger partial charge in [0.15, 0.2) is 34.7 Å². The van der Waals surface area contributed by atoms with Crippen molar-refractivity contribution in [3.8, 4) is 5.75 Å². The third-order valence-electron chi connectivity index (χ3n) is 8.25. The number of hydrogen-bond acceptors (Lipinski definition) is 11. The van der Waals surface area contributed by atoms with Crippen LogP contribution in [0.25, 0.3) is 0 Å². The van der Waals surface area contributed by atoms with E-state index in [1.165, 1.54) is 25.1 Å². The second kappa shape index (κ2) is 10.3. The molecule has 0 heterocycles. The summed E-state index contributed by atoms with van der Waals surface area (Å²) >= 11 is 0. The summed E-state index contributed by atoms with van der Waals surface area (Å²) in [5.41, 5.74) is 8.53. The number of nitrogens with one attached hydrogen (secondary N) is 1. The van der Waals surface area contributed by atoms with Crippen LogP contribution >= 0.6 is 0 Å². The van der Waals surface area contributed by atoms with Gasteiger partial charge in [0, 0.05) is 12.5 Å². The number of nitrogens with zero attached hydrogens (tertiary/aromatic N) is 1. The van der Waals surface area contributed by atoms with Crippen molar-refractivity contribution in [2.75, 3.05) is 26.0 Å². The number of carbonyl (C=O) groups is 6. The smallest absolute Gasteiger partial charge is 0.411 e. The van der Waals surface area contributed by atoms with Crippen LogP contribution in [0.1, 0.15) is 48.7 Å². The number of fused-ring (bicyclic) bond motifs is 3. The van der Waals surface area contributed by atoms with E-state index < -0.39 is 76.2 Å². The van der Waals surface area contributed by atoms with E-state index in [4.69, 9.17) is 16.2 Å². The van der Waals surface area contributed by atoms with Crippen molar-refractivity contribution in [1.29, 1.82) is 0 Å². The number of nitrogens with two attached hydrogens (primary N) is 2. The Balaban J connectivity index is 1.78. The zero-order chi connectivity index (χ0) is 30.8. The van der Waals surface area contributed by atoms with Gasteiger partial charge in [-0.25, -0.2) is 4.79 Å². The van der Waals surface area contributed by atoms with Crippen LogP contribution in [0.5, 0.6) is 5.75 Å². The zero-order valence-corrected chi connectivity index (χ0v) is 23.6. The zero-order valence-electron chi connectivity index (χ0n) is 23.6. The third kappa shape index (κ3) is 4.81. The molecule has 0 bridgehead atoms. The molecule has 0 saturated heterocycles. The largest absolute Gasteiger partial charge is 0.505 e. The summed E-state index contributed by atoms with van der Waals surface area (Å²) in [5.74, 6) is -11.7. The van der Waals surface area contributed by atoms with Crippen molar-refractivity contribution in [1.82, 2.24) is 4.90 Å². The first-order valence-corrected chi connectivity index (χ1v) is 13.3. The van der Waals surface area contributed by atoms with E-state index in [1.54, 1.807) is 0 Å². The van der Waals surface area contributed by atoms with Crippen molar-refractivity contribution in [3.05, 3.63) is 22.8 Å². The molecule has 0 aromatic heterocycles. The molecule has 13 heteroatoms. The summed E-state index contributed by atoms with van der Waals surface area (Å²) in [6.07, 6.45) is -0.885. The number of benzene rings is 1. The number of ketones is 4. The molecule has 0 radical (unpaired) electrons. The molecule has 0 aliphatic heterocycles. The van der Waals surface area contributed by atoms with Crippen molar-refractivity contribution >= 4 is 40.8 Å². The van der Waals surface area contributed by atoms with Gasteiger partial charge in [-0.3, -0.25) is 34.2 Å². The topological polar surface area (TPSA) is 219 Å². The Hall–Kier alpha value is -3.68. The molecule has 2 fully saturated rings. The fourth-order valence-corrected chi connectivity index (χ4v) is 6.45. The Kier molecular flexibility index (Phi) is 7.61. The molecule has 0 spiro atoms. The van der Waals surface area contributed by atoms with Gasteiger partial charge in [-0.1, -0.05) is 20.8 Å². The highest BCUT2D eigenvalue weighted by Crippen LogP contribution is 2.51. The van der Waals surface area contributed by atoms with E-state index in [2.05, 4.69) is 5.32 Å². The number of primary amides is 1. The highest BCUT2D eigenvalue weighted by atomic mass is 16.5. The maximum atomic E-state index is 13.9. The minimum atomic E-state index is -2.82. The number of hydrogen-bond donors (Lipinski definition) is 5. The van der Waals surface area contributed by atoms with Crippen molar-refractivity contribution in [3.63, 3.8) is 0 Å². The molecule has 2 amide bonds. The number of phenolic OH excluding ortho intramolecular Hbond substituents is 1. The predicted molar refractivity (Wildman–Crippen MR) is 144 cm³/mol. The Bertz CT molecular complexity index is 1360. The van der Waals surface area contributed by atoms with Crippen molar-refractivity contribution < 1.29 is 43.7 Å². The predicted octanol–water partition coefficient (Wildman–Crippen LogP) is -0.0797. The lowest BCUT2D eigenvalue weighted by Crippen LogP contribution is -2.74. The van der Waals surface area contributed by atoms with Gasteiger partial charge >= 0.3 is 6.09 Å². The molecule has 7 N–H and O–H groups in total. The number of anilines is 1. The highest BCUT2D eigenvalue weighted by Gasteiger charge is 2.69. The molecule has 13 nitrogen and oxygen atoms in total. The molecule has 222 valence electrons. The van der Waals surface area contributed by atoms with Gasteiger partial charge in [0.2, 0.25) is 5.91 Å². The van der Waals surface area contributed by atoms with Crippen LogP contribution in [0.2, 0.25) is 0 Å². The maximum Gasteiger partial charge on any atom is 0.411 e. The van der Waals surface area contributed by atoms with Crippen LogP contribution in [0.15, 0.2) is 6.07 Å². The standard InChI is InChI=1S/C28H36N4O9/c1-27(2,3)10-41-26(39)31-15-8-12(9-29)13-6-11-7-14-19(32(4)5)22(35)18(25(30)38)24(37)28(14,40)23(36)16(11)21(34)17(13)20(15)33/h8,11,14,16,18-19,33,40H,6-7,9-10,29H2,1-5H3,(H2,30,38)(H,31,39)/t11-,14-,16?,18?,19-,28-/m0/s1. The lowest BCUT2D eigenvalue weighted by atomic mass is 9.52. The van der Waals surface area contributed by atoms with Crippen molar-refractivity contribution in [2.45, 2.75) is 51.8 Å². The molecular formula is C28H36N4O9. The lowest BCUT2D eigenvalue weighted by Gasteiger charge is -2.52. The van der Waals surface area contributed by atoms with E-state index >= 15 is 0 Å². The summed E-state index contributed by atoms with van der Waals surface area (Å²) in [4.78, 5) is 80.3. The van der Waals surface area contributed by atoms with E-state index in [0.717, 1.165) is 0 Å². The Labute approximate surface area is 236 Å². The van der Waals surface area contributed by atoms with Gasteiger partial charge < -0.3 is 26.4 Å². The monoisotopic (exact) mass is 572 g/mol. The number of rotatable bonds is 5. The number of amides is 2. The van der Waals surface area contributed by atoms with E-state index in [1.807, 2.05) is 20.8 Å². The summed E-state index contributed by atoms with van der Waals surface area (Å²) in [6, 6.07) is 0.235. The number of Topliss-reactive ketones (excluding diaryl/α,β-unsaturated/α-hetero) is 4. The van der Waals surface area contributed by atoms with E-state index in [-0.39, 0.29) is 42.7 Å². The molecule has 1 aromatic rings. The molecule has 3 aliphatic carbocycles. The van der Waals surface area contributed by atoms with Gasteiger partial charge in [0.05, 0.1) is 29.8 Å². The van der Waals surface area contributed by atoms with Crippen LogP contribution < -0.4 is 16.8 Å². The second-order valence-corrected chi connectivity index (χ2v) is 12.5. The molecule has 3 aliphatic rings. The molecule has 2 unspecified atom stereocenters. The Morgan fingerprint density at radius 3 is 2.34 bits per heavy atom. The molecule has 4 rings (SSSR count). The van der Waals surface area contributed by atoms with Crippen LogP contribution in [0.4, 0.5) is 10.5 Å². The SMILES string of the molecule is CN(C)[C@@H]1C(=O)C(C(N)=O)C(=O)[C@@]2(O)C(=O)C3C(=O)c4c(O)c(NC(=O)OCC(C)(C)C)cc(CN)c4C[C@H]3C[C@@H]12. The van der Waals surface area contributed by atoms with Crippen LogP contribution in [-0.4, -0.2) is 82.6 Å². The first kappa shape index (κ1) is 30.3. The van der Waals surface area contributed by atoms with Gasteiger partial charge in [0.25, 0.3) is 0 Å².